The number of aryl methyl sites for hydroxylation is 1. The second-order valence-electron chi connectivity index (χ2n) is 5.87. The first-order valence-corrected chi connectivity index (χ1v) is 6.81. The van der Waals surface area contributed by atoms with Crippen molar-refractivity contribution in [3.05, 3.63) is 29.6 Å². The van der Waals surface area contributed by atoms with Crippen molar-refractivity contribution in [2.45, 2.75) is 32.2 Å². The van der Waals surface area contributed by atoms with E-state index in [1.54, 1.807) is 26.0 Å². The lowest BCUT2D eigenvalue weighted by molar-refractivity contribution is -0.136. The van der Waals surface area contributed by atoms with Crippen LogP contribution in [0.15, 0.2) is 18.2 Å². The Balaban J connectivity index is 1.99. The summed E-state index contributed by atoms with van der Waals surface area (Å²) in [4.78, 5) is 25.8. The maximum atomic E-state index is 14.1. The van der Waals surface area contributed by atoms with Gasteiger partial charge in [0.25, 0.3) is 5.91 Å². The van der Waals surface area contributed by atoms with Crippen LogP contribution >= 0.6 is 0 Å². The summed E-state index contributed by atoms with van der Waals surface area (Å²) in [5.74, 6) is -0.761. The van der Waals surface area contributed by atoms with Crippen molar-refractivity contribution in [3.8, 4) is 0 Å². The Hall–Kier alpha value is -1.91. The molecule has 0 radical (unpaired) electrons. The normalized spacial score (nSPS) is 26.6. The second kappa shape index (κ2) is 4.30. The predicted octanol–water partition coefficient (Wildman–Crippen LogP) is 1.77. The average Bonchev–Trinajstić information content (AvgIpc) is 3.18. The van der Waals surface area contributed by atoms with Gasteiger partial charge in [0.05, 0.1) is 5.69 Å². The third kappa shape index (κ3) is 1.97. The first-order valence-electron chi connectivity index (χ1n) is 6.81. The summed E-state index contributed by atoms with van der Waals surface area (Å²) in [6.07, 6.45) is 1.85. The quantitative estimate of drug-likeness (QED) is 0.895. The van der Waals surface area contributed by atoms with E-state index in [0.717, 1.165) is 18.4 Å². The highest BCUT2D eigenvalue weighted by atomic mass is 19.1. The molecule has 20 heavy (non-hydrogen) atoms. The Morgan fingerprint density at radius 2 is 2.05 bits per heavy atom. The molecule has 0 aromatic heterocycles. The maximum absolute atomic E-state index is 14.1. The zero-order valence-corrected chi connectivity index (χ0v) is 11.6. The first kappa shape index (κ1) is 13.1. The monoisotopic (exact) mass is 276 g/mol. The number of piperazine rings is 1. The van der Waals surface area contributed by atoms with Gasteiger partial charge in [-0.15, -0.1) is 0 Å². The van der Waals surface area contributed by atoms with Crippen LogP contribution in [0.3, 0.4) is 0 Å². The number of amides is 2. The molecule has 0 bridgehead atoms. The summed E-state index contributed by atoms with van der Waals surface area (Å²) >= 11 is 0. The van der Waals surface area contributed by atoms with Crippen LogP contribution in [-0.4, -0.2) is 23.9 Å². The van der Waals surface area contributed by atoms with Crippen LogP contribution in [0.25, 0.3) is 0 Å². The maximum Gasteiger partial charge on any atom is 0.253 e. The summed E-state index contributed by atoms with van der Waals surface area (Å²) in [6, 6.07) is 4.69. The molecule has 1 aromatic rings. The Morgan fingerprint density at radius 3 is 2.65 bits per heavy atom. The second-order valence-corrected chi connectivity index (χ2v) is 5.87. The molecule has 2 fully saturated rings. The molecule has 5 heteroatoms. The third-order valence-corrected chi connectivity index (χ3v) is 4.18. The topological polar surface area (TPSA) is 49.4 Å². The van der Waals surface area contributed by atoms with Gasteiger partial charge < -0.3 is 5.32 Å². The van der Waals surface area contributed by atoms with E-state index in [-0.39, 0.29) is 30.0 Å². The van der Waals surface area contributed by atoms with Crippen molar-refractivity contribution in [3.63, 3.8) is 0 Å². The third-order valence-electron chi connectivity index (χ3n) is 4.18. The Labute approximate surface area is 117 Å². The minimum Gasteiger partial charge on any atom is -0.340 e. The molecule has 1 aliphatic carbocycles. The number of anilines is 1. The van der Waals surface area contributed by atoms with Crippen molar-refractivity contribution >= 4 is 17.5 Å². The van der Waals surface area contributed by atoms with Crippen LogP contribution in [0, 0.1) is 18.7 Å². The lowest BCUT2D eigenvalue weighted by Gasteiger charge is -2.40. The number of halogens is 1. The SMILES string of the molecule is Cc1ccc(N2CC(=O)NC(C)(C3CC3)C2=O)c(F)c1. The fourth-order valence-corrected chi connectivity index (χ4v) is 2.84. The highest BCUT2D eigenvalue weighted by Crippen LogP contribution is 2.42. The number of hydrogen-bond acceptors (Lipinski definition) is 2. The molecule has 1 atom stereocenters. The standard InChI is InChI=1S/C15H17FN2O2/c1-9-3-6-12(11(16)7-9)18-8-13(19)17-15(2,14(18)20)10-4-5-10/h3,6-7,10H,4-5,8H2,1-2H3,(H,17,19). The van der Waals surface area contributed by atoms with Crippen molar-refractivity contribution < 1.29 is 14.0 Å². The lowest BCUT2D eigenvalue weighted by atomic mass is 9.91. The van der Waals surface area contributed by atoms with Crippen molar-refractivity contribution in [2.24, 2.45) is 5.92 Å². The fourth-order valence-electron chi connectivity index (χ4n) is 2.84. The highest BCUT2D eigenvalue weighted by molar-refractivity contribution is 6.09. The van der Waals surface area contributed by atoms with E-state index in [4.69, 9.17) is 0 Å². The molecule has 1 saturated heterocycles. The molecule has 2 amide bonds. The fraction of sp³-hybridized carbons (Fsp3) is 0.467. The van der Waals surface area contributed by atoms with Crippen molar-refractivity contribution in [1.29, 1.82) is 0 Å². The summed E-state index contributed by atoms with van der Waals surface area (Å²) in [6.45, 7) is 3.40. The summed E-state index contributed by atoms with van der Waals surface area (Å²) in [5.41, 5.74) is 0.0691. The van der Waals surface area contributed by atoms with Crippen LogP contribution in [-0.2, 0) is 9.59 Å². The van der Waals surface area contributed by atoms with Gasteiger partial charge in [0.15, 0.2) is 0 Å². The van der Waals surface area contributed by atoms with Crippen LogP contribution < -0.4 is 10.2 Å². The molecular formula is C15H17FN2O2. The first-order chi connectivity index (χ1) is 9.41. The molecule has 4 nitrogen and oxygen atoms in total. The zero-order valence-electron chi connectivity index (χ0n) is 11.6. The Kier molecular flexibility index (Phi) is 2.81. The van der Waals surface area contributed by atoms with E-state index in [9.17, 15) is 14.0 Å². The molecule has 1 aliphatic heterocycles. The lowest BCUT2D eigenvalue weighted by Crippen LogP contribution is -2.66. The molecule has 1 aromatic carbocycles. The molecule has 3 rings (SSSR count). The summed E-state index contributed by atoms with van der Waals surface area (Å²) in [7, 11) is 0. The molecule has 1 N–H and O–H groups in total. The van der Waals surface area contributed by atoms with E-state index in [1.807, 2.05) is 0 Å². The van der Waals surface area contributed by atoms with Gasteiger partial charge in [-0.1, -0.05) is 6.07 Å². The van der Waals surface area contributed by atoms with E-state index in [2.05, 4.69) is 5.32 Å². The summed E-state index contributed by atoms with van der Waals surface area (Å²) < 4.78 is 14.1. The number of nitrogens with zero attached hydrogens (tertiary/aromatic N) is 1. The van der Waals surface area contributed by atoms with Gasteiger partial charge in [0.1, 0.15) is 17.9 Å². The van der Waals surface area contributed by atoms with Crippen LogP contribution in [0.5, 0.6) is 0 Å². The molecule has 106 valence electrons. The number of benzene rings is 1. The molecule has 2 aliphatic rings. The van der Waals surface area contributed by atoms with Crippen LogP contribution in [0.2, 0.25) is 0 Å². The zero-order chi connectivity index (χ0) is 14.5. The summed E-state index contributed by atoms with van der Waals surface area (Å²) in [5, 5.41) is 2.78. The minimum atomic E-state index is -0.896. The van der Waals surface area contributed by atoms with Gasteiger partial charge in [-0.25, -0.2) is 4.39 Å². The average molecular weight is 276 g/mol. The molecule has 0 spiro atoms. The number of nitrogens with one attached hydrogen (secondary N) is 1. The van der Waals surface area contributed by atoms with Gasteiger partial charge in [-0.3, -0.25) is 14.5 Å². The number of carbonyl (C=O) groups is 2. The highest BCUT2D eigenvalue weighted by Gasteiger charge is 2.53. The number of carbonyl (C=O) groups excluding carboxylic acids is 2. The van der Waals surface area contributed by atoms with E-state index >= 15 is 0 Å². The minimum absolute atomic E-state index is 0.124. The molecule has 1 saturated carbocycles. The molecule has 1 unspecified atom stereocenters. The largest absolute Gasteiger partial charge is 0.340 e. The van der Waals surface area contributed by atoms with E-state index in [1.165, 1.54) is 11.0 Å². The Bertz CT molecular complexity index is 598. The van der Waals surface area contributed by atoms with Crippen LogP contribution in [0.4, 0.5) is 10.1 Å². The van der Waals surface area contributed by atoms with E-state index < -0.39 is 11.4 Å². The Morgan fingerprint density at radius 1 is 1.35 bits per heavy atom. The van der Waals surface area contributed by atoms with Gasteiger partial charge >= 0.3 is 0 Å². The van der Waals surface area contributed by atoms with Crippen LogP contribution in [0.1, 0.15) is 25.3 Å². The van der Waals surface area contributed by atoms with E-state index in [0.29, 0.717) is 0 Å². The number of rotatable bonds is 2. The van der Waals surface area contributed by atoms with Gasteiger partial charge in [-0.2, -0.15) is 0 Å². The van der Waals surface area contributed by atoms with Crippen molar-refractivity contribution in [2.75, 3.05) is 11.4 Å². The van der Waals surface area contributed by atoms with Gasteiger partial charge in [0, 0.05) is 0 Å². The molecule has 1 heterocycles. The van der Waals surface area contributed by atoms with Gasteiger partial charge in [0.2, 0.25) is 5.91 Å². The predicted molar refractivity (Wildman–Crippen MR) is 72.8 cm³/mol. The molecular weight excluding hydrogens is 259 g/mol. The van der Waals surface area contributed by atoms with Gasteiger partial charge in [-0.05, 0) is 50.3 Å². The number of hydrogen-bond donors (Lipinski definition) is 1. The van der Waals surface area contributed by atoms with Crippen molar-refractivity contribution in [1.82, 2.24) is 5.32 Å². The smallest absolute Gasteiger partial charge is 0.253 e.